The van der Waals surface area contributed by atoms with Gasteiger partial charge in [0, 0.05) is 7.05 Å². The smallest absolute Gasteiger partial charge is 0.143 e. The molecular formula is C10H15N3. The Morgan fingerprint density at radius 2 is 2.23 bits per heavy atom. The third-order valence-corrected chi connectivity index (χ3v) is 2.26. The quantitative estimate of drug-likeness (QED) is 0.708. The van der Waals surface area contributed by atoms with Crippen molar-refractivity contribution in [3.8, 4) is 6.07 Å². The van der Waals surface area contributed by atoms with Crippen LogP contribution in [-0.4, -0.2) is 9.55 Å². The lowest BCUT2D eigenvalue weighted by molar-refractivity contribution is 0.776. The van der Waals surface area contributed by atoms with Gasteiger partial charge in [-0.3, -0.25) is 0 Å². The van der Waals surface area contributed by atoms with Gasteiger partial charge < -0.3 is 4.57 Å². The lowest BCUT2D eigenvalue weighted by Crippen LogP contribution is -1.95. The molecule has 0 aliphatic rings. The van der Waals surface area contributed by atoms with Gasteiger partial charge in [-0.25, -0.2) is 4.98 Å². The zero-order chi connectivity index (χ0) is 9.84. The molecule has 0 unspecified atom stereocenters. The minimum atomic E-state index is 0.714. The maximum absolute atomic E-state index is 8.90. The largest absolute Gasteiger partial charge is 0.323 e. The second-order valence-corrected chi connectivity index (χ2v) is 3.23. The van der Waals surface area contributed by atoms with Crippen LogP contribution in [0.4, 0.5) is 0 Å². The van der Waals surface area contributed by atoms with Crippen molar-refractivity contribution in [2.75, 3.05) is 0 Å². The minimum absolute atomic E-state index is 0.714. The Morgan fingerprint density at radius 1 is 1.54 bits per heavy atom. The molecule has 3 heteroatoms. The van der Waals surface area contributed by atoms with Crippen molar-refractivity contribution in [3.63, 3.8) is 0 Å². The van der Waals surface area contributed by atoms with E-state index >= 15 is 0 Å². The van der Waals surface area contributed by atoms with Crippen LogP contribution < -0.4 is 0 Å². The van der Waals surface area contributed by atoms with Gasteiger partial charge in [-0.15, -0.1) is 0 Å². The molecule has 0 spiro atoms. The van der Waals surface area contributed by atoms with Gasteiger partial charge in [0.05, 0.1) is 5.69 Å². The van der Waals surface area contributed by atoms with Crippen LogP contribution in [0.25, 0.3) is 0 Å². The Labute approximate surface area is 79.0 Å². The van der Waals surface area contributed by atoms with E-state index in [4.69, 9.17) is 5.26 Å². The lowest BCUT2D eigenvalue weighted by Gasteiger charge is -1.96. The van der Waals surface area contributed by atoms with Crippen molar-refractivity contribution in [2.45, 2.75) is 33.1 Å². The number of hydrogen-bond donors (Lipinski definition) is 0. The van der Waals surface area contributed by atoms with Gasteiger partial charge in [-0.1, -0.05) is 13.3 Å². The summed E-state index contributed by atoms with van der Waals surface area (Å²) in [5.74, 6) is 0.919. The third-order valence-electron chi connectivity index (χ3n) is 2.26. The first-order valence-electron chi connectivity index (χ1n) is 4.63. The number of unbranched alkanes of at least 4 members (excludes halogenated alkanes) is 1. The van der Waals surface area contributed by atoms with E-state index in [0.717, 1.165) is 30.8 Å². The van der Waals surface area contributed by atoms with Crippen LogP contribution in [0, 0.1) is 18.3 Å². The van der Waals surface area contributed by atoms with Crippen molar-refractivity contribution >= 4 is 0 Å². The predicted octanol–water partition coefficient (Wildman–Crippen LogP) is 1.94. The summed E-state index contributed by atoms with van der Waals surface area (Å²) in [5.41, 5.74) is 1.66. The molecule has 70 valence electrons. The molecule has 0 amide bonds. The van der Waals surface area contributed by atoms with Gasteiger partial charge in [0.1, 0.15) is 17.6 Å². The summed E-state index contributed by atoms with van der Waals surface area (Å²) in [5, 5.41) is 8.90. The molecule has 0 aliphatic carbocycles. The Kier molecular flexibility index (Phi) is 3.07. The van der Waals surface area contributed by atoms with Crippen LogP contribution in [0.15, 0.2) is 0 Å². The van der Waals surface area contributed by atoms with Crippen molar-refractivity contribution in [3.05, 3.63) is 17.2 Å². The fourth-order valence-corrected chi connectivity index (χ4v) is 1.34. The fraction of sp³-hybridized carbons (Fsp3) is 0.600. The fourth-order valence-electron chi connectivity index (χ4n) is 1.34. The molecule has 13 heavy (non-hydrogen) atoms. The number of rotatable bonds is 3. The topological polar surface area (TPSA) is 41.6 Å². The maximum Gasteiger partial charge on any atom is 0.143 e. The zero-order valence-electron chi connectivity index (χ0n) is 8.46. The van der Waals surface area contributed by atoms with Crippen LogP contribution in [0.3, 0.4) is 0 Å². The average Bonchev–Trinajstić information content (AvgIpc) is 2.39. The zero-order valence-corrected chi connectivity index (χ0v) is 8.46. The number of hydrogen-bond acceptors (Lipinski definition) is 2. The standard InChI is InChI=1S/C10H15N3/c1-4-5-6-9-10(7-11)13(3)8(2)12-9/h4-6H2,1-3H3. The van der Waals surface area contributed by atoms with Crippen LogP contribution >= 0.6 is 0 Å². The van der Waals surface area contributed by atoms with Crippen LogP contribution in [0.1, 0.15) is 37.0 Å². The summed E-state index contributed by atoms with van der Waals surface area (Å²) in [7, 11) is 1.89. The van der Waals surface area contributed by atoms with Gasteiger partial charge in [-0.2, -0.15) is 5.26 Å². The molecular weight excluding hydrogens is 162 g/mol. The molecule has 0 radical (unpaired) electrons. The van der Waals surface area contributed by atoms with E-state index in [2.05, 4.69) is 18.0 Å². The van der Waals surface area contributed by atoms with E-state index in [1.165, 1.54) is 0 Å². The van der Waals surface area contributed by atoms with Gasteiger partial charge >= 0.3 is 0 Å². The van der Waals surface area contributed by atoms with Crippen LogP contribution in [-0.2, 0) is 13.5 Å². The van der Waals surface area contributed by atoms with E-state index in [1.54, 1.807) is 0 Å². The number of nitrogens with zero attached hydrogens (tertiary/aromatic N) is 3. The molecule has 0 aromatic carbocycles. The molecule has 0 saturated carbocycles. The van der Waals surface area contributed by atoms with Gasteiger partial charge in [0.15, 0.2) is 0 Å². The van der Waals surface area contributed by atoms with Crippen molar-refractivity contribution in [2.24, 2.45) is 7.05 Å². The maximum atomic E-state index is 8.90. The highest BCUT2D eigenvalue weighted by molar-refractivity contribution is 5.29. The summed E-state index contributed by atoms with van der Waals surface area (Å²) in [6.45, 7) is 4.07. The summed E-state index contributed by atoms with van der Waals surface area (Å²) in [6, 6.07) is 2.19. The average molecular weight is 177 g/mol. The van der Waals surface area contributed by atoms with E-state index in [9.17, 15) is 0 Å². The summed E-state index contributed by atoms with van der Waals surface area (Å²) < 4.78 is 1.85. The lowest BCUT2D eigenvalue weighted by atomic mass is 10.2. The first kappa shape index (κ1) is 9.79. The van der Waals surface area contributed by atoms with Gasteiger partial charge in [-0.05, 0) is 19.8 Å². The second-order valence-electron chi connectivity index (χ2n) is 3.23. The predicted molar refractivity (Wildman–Crippen MR) is 51.3 cm³/mol. The molecule has 1 heterocycles. The number of imidazole rings is 1. The number of aryl methyl sites for hydroxylation is 2. The highest BCUT2D eigenvalue weighted by Crippen LogP contribution is 2.11. The Morgan fingerprint density at radius 3 is 2.77 bits per heavy atom. The highest BCUT2D eigenvalue weighted by Gasteiger charge is 2.10. The molecule has 1 aromatic rings. The molecule has 0 aliphatic heterocycles. The molecule has 0 fully saturated rings. The van der Waals surface area contributed by atoms with Gasteiger partial charge in [0.25, 0.3) is 0 Å². The van der Waals surface area contributed by atoms with Crippen molar-refractivity contribution in [1.82, 2.24) is 9.55 Å². The van der Waals surface area contributed by atoms with Crippen molar-refractivity contribution < 1.29 is 0 Å². The van der Waals surface area contributed by atoms with Crippen molar-refractivity contribution in [1.29, 1.82) is 5.26 Å². The van der Waals surface area contributed by atoms with E-state index < -0.39 is 0 Å². The molecule has 0 saturated heterocycles. The van der Waals surface area contributed by atoms with Crippen LogP contribution in [0.5, 0.6) is 0 Å². The monoisotopic (exact) mass is 177 g/mol. The van der Waals surface area contributed by atoms with Gasteiger partial charge in [0.2, 0.25) is 0 Å². The second kappa shape index (κ2) is 4.08. The summed E-state index contributed by atoms with van der Waals surface area (Å²) in [6.07, 6.45) is 3.16. The highest BCUT2D eigenvalue weighted by atomic mass is 15.1. The molecule has 1 aromatic heterocycles. The molecule has 0 N–H and O–H groups in total. The Bertz CT molecular complexity index is 331. The van der Waals surface area contributed by atoms with Crippen LogP contribution in [0.2, 0.25) is 0 Å². The minimum Gasteiger partial charge on any atom is -0.323 e. The van der Waals surface area contributed by atoms with E-state index in [1.807, 2.05) is 18.5 Å². The first-order chi connectivity index (χ1) is 6.20. The normalized spacial score (nSPS) is 10.0. The molecule has 1 rings (SSSR count). The Hall–Kier alpha value is -1.30. The molecule has 0 atom stereocenters. The van der Waals surface area contributed by atoms with E-state index in [0.29, 0.717) is 5.69 Å². The summed E-state index contributed by atoms with van der Waals surface area (Å²) >= 11 is 0. The Balaban J connectivity index is 2.94. The number of nitriles is 1. The molecule has 0 bridgehead atoms. The molecule has 3 nitrogen and oxygen atoms in total. The number of aromatic nitrogens is 2. The van der Waals surface area contributed by atoms with E-state index in [-0.39, 0.29) is 0 Å². The SMILES string of the molecule is CCCCc1nc(C)n(C)c1C#N. The first-order valence-corrected chi connectivity index (χ1v) is 4.63. The third kappa shape index (κ3) is 1.89. The summed E-state index contributed by atoms with van der Waals surface area (Å²) in [4.78, 5) is 4.36.